The van der Waals surface area contributed by atoms with Crippen molar-refractivity contribution in [3.63, 3.8) is 0 Å². The molecule has 0 unspecified atom stereocenters. The SMILES string of the molecule is COc1ccc(-c2ccc(/C=N\N3C(=O)[C@H]4[C@@H]5C=C[C@H]([C@@H]6C[C@H]56)[C@@H]4C3=O)o2)c([N+](=O)[O-])c1. The van der Waals surface area contributed by atoms with Crippen LogP contribution in [0.2, 0.25) is 0 Å². The molecule has 9 heteroatoms. The Morgan fingerprint density at radius 1 is 1.12 bits per heavy atom. The molecule has 2 bridgehead atoms. The molecule has 9 nitrogen and oxygen atoms in total. The number of nitro benzene ring substituents is 1. The summed E-state index contributed by atoms with van der Waals surface area (Å²) < 4.78 is 10.8. The molecular weight excluding hydrogens is 414 g/mol. The smallest absolute Gasteiger partial charge is 0.284 e. The maximum atomic E-state index is 13.0. The summed E-state index contributed by atoms with van der Waals surface area (Å²) in [6, 6.07) is 7.65. The first kappa shape index (κ1) is 19.0. The van der Waals surface area contributed by atoms with Crippen molar-refractivity contribution in [2.75, 3.05) is 7.11 Å². The number of benzene rings is 1. The molecule has 1 saturated heterocycles. The lowest BCUT2D eigenvalue weighted by molar-refractivity contribution is -0.384. The number of hydrogen-bond donors (Lipinski definition) is 0. The molecule has 7 rings (SSSR count). The monoisotopic (exact) mass is 433 g/mol. The third-order valence-corrected chi connectivity index (χ3v) is 7.23. The van der Waals surface area contributed by atoms with Crippen LogP contribution in [0.4, 0.5) is 5.69 Å². The maximum Gasteiger partial charge on any atom is 0.284 e. The van der Waals surface area contributed by atoms with Gasteiger partial charge in [-0.2, -0.15) is 10.1 Å². The third-order valence-electron chi connectivity index (χ3n) is 7.23. The Bertz CT molecular complexity index is 1190. The number of amides is 2. The minimum absolute atomic E-state index is 0.137. The van der Waals surface area contributed by atoms with Crippen LogP contribution < -0.4 is 4.74 Å². The topological polar surface area (TPSA) is 115 Å². The molecule has 4 aliphatic carbocycles. The van der Waals surface area contributed by atoms with Gasteiger partial charge in [-0.3, -0.25) is 19.7 Å². The number of rotatable bonds is 5. The van der Waals surface area contributed by atoms with E-state index in [1.54, 1.807) is 24.3 Å². The second-order valence-electron chi connectivity index (χ2n) is 8.73. The summed E-state index contributed by atoms with van der Waals surface area (Å²) in [6.45, 7) is 0. The van der Waals surface area contributed by atoms with Crippen LogP contribution in [0.3, 0.4) is 0 Å². The van der Waals surface area contributed by atoms with Gasteiger partial charge in [0.2, 0.25) is 0 Å². The number of hydrazone groups is 1. The molecule has 0 spiro atoms. The zero-order valence-corrected chi connectivity index (χ0v) is 17.1. The van der Waals surface area contributed by atoms with E-state index in [0.717, 1.165) is 11.4 Å². The van der Waals surface area contributed by atoms with E-state index in [0.29, 0.717) is 17.6 Å². The molecule has 5 aliphatic rings. The van der Waals surface area contributed by atoms with Crippen molar-refractivity contribution in [3.8, 4) is 17.1 Å². The molecule has 162 valence electrons. The number of hydrogen-bond acceptors (Lipinski definition) is 7. The fraction of sp³-hybridized carbons (Fsp3) is 0.348. The number of carbonyl (C=O) groups is 2. The van der Waals surface area contributed by atoms with Gasteiger partial charge in [0.1, 0.15) is 17.3 Å². The molecule has 6 atom stereocenters. The van der Waals surface area contributed by atoms with Crippen molar-refractivity contribution in [1.82, 2.24) is 5.01 Å². The second kappa shape index (κ2) is 6.62. The summed E-state index contributed by atoms with van der Waals surface area (Å²) >= 11 is 0. The number of ether oxygens (including phenoxy) is 1. The van der Waals surface area contributed by atoms with E-state index < -0.39 is 4.92 Å². The Hall–Kier alpha value is -3.75. The average Bonchev–Trinajstić information content (AvgIpc) is 3.44. The standard InChI is InChI=1S/C23H19N3O6/c1-31-11-2-4-15(18(8-11)26(29)30)19-7-3-12(32-19)10-24-25-22(27)20-13-5-6-14(17-9-16(13)17)21(20)23(25)28/h2-8,10,13-14,16-17,20-21H,9H2,1H3/b24-10-/t13-,14-,16-,17+,20+,21+/m1/s1. The van der Waals surface area contributed by atoms with Gasteiger partial charge in [0, 0.05) is 0 Å². The van der Waals surface area contributed by atoms with Crippen LogP contribution in [-0.2, 0) is 9.59 Å². The van der Waals surface area contributed by atoms with Gasteiger partial charge in [-0.05, 0) is 54.4 Å². The van der Waals surface area contributed by atoms with Gasteiger partial charge in [0.05, 0.1) is 41.7 Å². The minimum atomic E-state index is -0.510. The highest BCUT2D eigenvalue weighted by atomic mass is 16.6. The quantitative estimate of drug-likeness (QED) is 0.235. The number of imide groups is 1. The number of methoxy groups -OCH3 is 1. The molecule has 1 aromatic heterocycles. The van der Waals surface area contributed by atoms with E-state index in [2.05, 4.69) is 17.3 Å². The predicted octanol–water partition coefficient (Wildman–Crippen LogP) is 3.25. The lowest BCUT2D eigenvalue weighted by atomic mass is 9.63. The van der Waals surface area contributed by atoms with Crippen LogP contribution in [-0.4, -0.2) is 35.1 Å². The molecule has 2 heterocycles. The molecular formula is C23H19N3O6. The predicted molar refractivity (Wildman–Crippen MR) is 111 cm³/mol. The summed E-state index contributed by atoms with van der Waals surface area (Å²) in [5.41, 5.74) is 0.134. The van der Waals surface area contributed by atoms with Crippen molar-refractivity contribution in [2.24, 2.45) is 40.6 Å². The zero-order valence-electron chi connectivity index (χ0n) is 17.1. The molecule has 3 fully saturated rings. The molecule has 32 heavy (non-hydrogen) atoms. The van der Waals surface area contributed by atoms with E-state index in [-0.39, 0.29) is 58.3 Å². The zero-order chi connectivity index (χ0) is 22.1. The Morgan fingerprint density at radius 3 is 2.44 bits per heavy atom. The normalized spacial score (nSPS) is 31.8. The summed E-state index contributed by atoms with van der Waals surface area (Å²) in [5.74, 6) is 1.12. The summed E-state index contributed by atoms with van der Waals surface area (Å²) in [7, 11) is 1.43. The summed E-state index contributed by atoms with van der Waals surface area (Å²) in [6.07, 6.45) is 6.63. The van der Waals surface area contributed by atoms with E-state index in [1.165, 1.54) is 19.4 Å². The molecule has 2 saturated carbocycles. The Morgan fingerprint density at radius 2 is 1.81 bits per heavy atom. The molecule has 0 radical (unpaired) electrons. The lowest BCUT2D eigenvalue weighted by Crippen LogP contribution is -2.40. The minimum Gasteiger partial charge on any atom is -0.497 e. The highest BCUT2D eigenvalue weighted by Crippen LogP contribution is 2.65. The first-order valence-corrected chi connectivity index (χ1v) is 10.5. The third kappa shape index (κ3) is 2.60. The summed E-state index contributed by atoms with van der Waals surface area (Å²) in [5, 5.41) is 16.6. The van der Waals surface area contributed by atoms with E-state index >= 15 is 0 Å². The highest BCUT2D eigenvalue weighted by Gasteiger charge is 2.67. The average molecular weight is 433 g/mol. The van der Waals surface area contributed by atoms with Gasteiger partial charge in [-0.1, -0.05) is 12.2 Å². The van der Waals surface area contributed by atoms with Crippen LogP contribution >= 0.6 is 0 Å². The first-order valence-electron chi connectivity index (χ1n) is 10.5. The van der Waals surface area contributed by atoms with Crippen LogP contribution in [0, 0.1) is 45.6 Å². The van der Waals surface area contributed by atoms with Crippen molar-refractivity contribution in [2.45, 2.75) is 6.42 Å². The molecule has 2 aromatic rings. The highest BCUT2D eigenvalue weighted by molar-refractivity contribution is 6.06. The van der Waals surface area contributed by atoms with Gasteiger partial charge in [-0.15, -0.1) is 0 Å². The van der Waals surface area contributed by atoms with Gasteiger partial charge < -0.3 is 9.15 Å². The first-order chi connectivity index (χ1) is 15.5. The van der Waals surface area contributed by atoms with E-state index in [1.807, 2.05) is 0 Å². The van der Waals surface area contributed by atoms with Crippen LogP contribution in [0.15, 0.2) is 52.0 Å². The second-order valence-corrected chi connectivity index (χ2v) is 8.73. The van der Waals surface area contributed by atoms with Gasteiger partial charge in [0.25, 0.3) is 17.5 Å². The number of furan rings is 1. The van der Waals surface area contributed by atoms with Crippen LogP contribution in [0.25, 0.3) is 11.3 Å². The fourth-order valence-electron chi connectivity index (χ4n) is 5.73. The van der Waals surface area contributed by atoms with Crippen molar-refractivity contribution >= 4 is 23.7 Å². The van der Waals surface area contributed by atoms with Gasteiger partial charge in [0.15, 0.2) is 0 Å². The molecule has 1 aromatic carbocycles. The number of allylic oxidation sites excluding steroid dienone is 2. The van der Waals surface area contributed by atoms with Gasteiger partial charge >= 0.3 is 0 Å². The van der Waals surface area contributed by atoms with E-state index in [9.17, 15) is 19.7 Å². The van der Waals surface area contributed by atoms with Crippen molar-refractivity contribution < 1.29 is 23.7 Å². The summed E-state index contributed by atoms with van der Waals surface area (Å²) in [4.78, 5) is 36.9. The van der Waals surface area contributed by atoms with Crippen LogP contribution in [0.5, 0.6) is 5.75 Å². The Kier molecular flexibility index (Phi) is 3.93. The molecule has 0 N–H and O–H groups in total. The number of nitro groups is 1. The maximum absolute atomic E-state index is 13.0. The van der Waals surface area contributed by atoms with Crippen LogP contribution in [0.1, 0.15) is 12.2 Å². The molecule has 2 amide bonds. The number of carbonyl (C=O) groups excluding carboxylic acids is 2. The lowest BCUT2D eigenvalue weighted by Gasteiger charge is -2.37. The van der Waals surface area contributed by atoms with Crippen molar-refractivity contribution in [1.29, 1.82) is 0 Å². The number of nitrogens with zero attached hydrogens (tertiary/aromatic N) is 3. The van der Waals surface area contributed by atoms with Crippen molar-refractivity contribution in [3.05, 3.63) is 58.4 Å². The Labute approximate surface area is 182 Å². The fourth-order valence-corrected chi connectivity index (χ4v) is 5.73. The Balaban J connectivity index is 1.25. The van der Waals surface area contributed by atoms with Gasteiger partial charge in [-0.25, -0.2) is 0 Å². The largest absolute Gasteiger partial charge is 0.497 e. The molecule has 1 aliphatic heterocycles. The van der Waals surface area contributed by atoms with E-state index in [4.69, 9.17) is 9.15 Å².